The zero-order valence-corrected chi connectivity index (χ0v) is 13.8. The molecule has 21 heavy (non-hydrogen) atoms. The lowest BCUT2D eigenvalue weighted by molar-refractivity contribution is 0.0933. The fraction of sp³-hybridized carbons (Fsp3) is 0.231. The number of pyridine rings is 1. The maximum Gasteiger partial charge on any atom is 0.262 e. The molecule has 2 aromatic rings. The molecule has 0 aliphatic rings. The molecule has 0 spiro atoms. The van der Waals surface area contributed by atoms with E-state index in [9.17, 15) is 4.79 Å². The Morgan fingerprint density at radius 2 is 2.14 bits per heavy atom. The summed E-state index contributed by atoms with van der Waals surface area (Å²) in [5.74, 6) is -0.292. The maximum absolute atomic E-state index is 12.0. The Bertz CT molecular complexity index is 572. The first-order valence-electron chi connectivity index (χ1n) is 6.00. The number of aromatic nitrogens is 1. The Morgan fingerprint density at radius 3 is 2.71 bits per heavy atom. The average molecular weight is 365 g/mol. The van der Waals surface area contributed by atoms with E-state index in [4.69, 9.17) is 34.8 Å². The summed E-state index contributed by atoms with van der Waals surface area (Å²) in [5, 5.41) is 7.49. The monoisotopic (exact) mass is 363 g/mol. The van der Waals surface area contributed by atoms with Gasteiger partial charge in [0.1, 0.15) is 6.17 Å². The fourth-order valence-corrected chi connectivity index (χ4v) is 2.60. The zero-order valence-electron chi connectivity index (χ0n) is 10.7. The van der Waals surface area contributed by atoms with Crippen molar-refractivity contribution in [1.82, 2.24) is 15.6 Å². The van der Waals surface area contributed by atoms with E-state index in [1.54, 1.807) is 24.5 Å². The number of nitrogens with one attached hydrogen (secondary N) is 2. The van der Waals surface area contributed by atoms with Gasteiger partial charge < -0.3 is 5.32 Å². The van der Waals surface area contributed by atoms with Gasteiger partial charge in [0.2, 0.25) is 3.79 Å². The van der Waals surface area contributed by atoms with Crippen LogP contribution in [0.1, 0.15) is 15.2 Å². The van der Waals surface area contributed by atoms with Gasteiger partial charge in [-0.3, -0.25) is 15.1 Å². The van der Waals surface area contributed by atoms with Crippen molar-refractivity contribution >= 4 is 52.0 Å². The molecule has 0 aliphatic carbocycles. The molecule has 4 nitrogen and oxygen atoms in total. The molecule has 0 fully saturated rings. The van der Waals surface area contributed by atoms with E-state index < -0.39 is 9.96 Å². The second-order valence-corrected chi connectivity index (χ2v) is 7.48. The smallest absolute Gasteiger partial charge is 0.262 e. The van der Waals surface area contributed by atoms with Gasteiger partial charge in [-0.25, -0.2) is 0 Å². The molecule has 0 bridgehead atoms. The molecule has 2 N–H and O–H groups in total. The molecule has 2 heterocycles. The number of hydrogen-bond acceptors (Lipinski definition) is 4. The number of rotatable bonds is 5. The Labute approximate surface area is 141 Å². The number of halogens is 3. The third-order valence-electron chi connectivity index (χ3n) is 2.58. The highest BCUT2D eigenvalue weighted by Crippen LogP contribution is 2.29. The number of hydrogen-bond donors (Lipinski definition) is 2. The van der Waals surface area contributed by atoms with E-state index in [1.165, 1.54) is 11.3 Å². The first kappa shape index (κ1) is 16.5. The van der Waals surface area contributed by atoms with Crippen molar-refractivity contribution in [1.29, 1.82) is 0 Å². The lowest BCUT2D eigenvalue weighted by Crippen LogP contribution is -2.52. The molecule has 1 atom stereocenters. The van der Waals surface area contributed by atoms with Crippen LogP contribution in [-0.4, -0.2) is 20.8 Å². The summed E-state index contributed by atoms with van der Waals surface area (Å²) in [6.07, 6.45) is 2.55. The first-order valence-corrected chi connectivity index (χ1v) is 8.01. The highest BCUT2D eigenvalue weighted by atomic mass is 35.6. The van der Waals surface area contributed by atoms with E-state index in [2.05, 4.69) is 15.6 Å². The van der Waals surface area contributed by atoms with Crippen molar-refractivity contribution in [2.75, 3.05) is 0 Å². The molecule has 0 saturated carbocycles. The second kappa shape index (κ2) is 7.42. The van der Waals surface area contributed by atoms with Gasteiger partial charge in [0, 0.05) is 18.9 Å². The van der Waals surface area contributed by atoms with Crippen LogP contribution in [0.25, 0.3) is 0 Å². The van der Waals surface area contributed by atoms with Gasteiger partial charge >= 0.3 is 0 Å². The van der Waals surface area contributed by atoms with Gasteiger partial charge in [-0.15, -0.1) is 11.3 Å². The fourth-order valence-electron chi connectivity index (χ4n) is 1.58. The number of carbonyl (C=O) groups is 1. The summed E-state index contributed by atoms with van der Waals surface area (Å²) in [6.45, 7) is 0.414. The number of thiophene rings is 1. The van der Waals surface area contributed by atoms with Crippen molar-refractivity contribution in [3.8, 4) is 0 Å². The standard InChI is InChI=1S/C13H12Cl3N3OS/c14-13(15,16)12(18-8-9-3-1-5-17-7-9)19-11(20)10-4-2-6-21-10/h1-7,12,18H,8H2,(H,19,20). The third-order valence-corrected chi connectivity index (χ3v) is 4.10. The van der Waals surface area contributed by atoms with Crippen LogP contribution in [0.2, 0.25) is 0 Å². The zero-order chi connectivity index (χ0) is 15.3. The molecule has 2 aromatic heterocycles. The van der Waals surface area contributed by atoms with E-state index in [0.717, 1.165) is 5.56 Å². The summed E-state index contributed by atoms with van der Waals surface area (Å²) in [5.41, 5.74) is 0.919. The lowest BCUT2D eigenvalue weighted by atomic mass is 10.3. The van der Waals surface area contributed by atoms with E-state index >= 15 is 0 Å². The highest BCUT2D eigenvalue weighted by Gasteiger charge is 2.33. The van der Waals surface area contributed by atoms with Crippen LogP contribution < -0.4 is 10.6 Å². The van der Waals surface area contributed by atoms with Crippen LogP contribution in [0.3, 0.4) is 0 Å². The summed E-state index contributed by atoms with van der Waals surface area (Å²) < 4.78 is -1.67. The number of alkyl halides is 3. The molecular weight excluding hydrogens is 353 g/mol. The van der Waals surface area contributed by atoms with Crippen LogP contribution in [0, 0.1) is 0 Å². The molecule has 0 aromatic carbocycles. The van der Waals surface area contributed by atoms with Gasteiger partial charge in [-0.05, 0) is 23.1 Å². The summed E-state index contributed by atoms with van der Waals surface area (Å²) in [4.78, 5) is 16.6. The minimum Gasteiger partial charge on any atom is -0.332 e. The number of carbonyl (C=O) groups excluding carboxylic acids is 1. The minimum absolute atomic E-state index is 0.292. The van der Waals surface area contributed by atoms with Gasteiger partial charge in [-0.1, -0.05) is 46.9 Å². The molecule has 1 amide bonds. The van der Waals surface area contributed by atoms with E-state index in [1.807, 2.05) is 17.5 Å². The molecule has 8 heteroatoms. The molecular formula is C13H12Cl3N3OS. The van der Waals surface area contributed by atoms with Crippen molar-refractivity contribution < 1.29 is 4.79 Å². The predicted molar refractivity (Wildman–Crippen MR) is 86.9 cm³/mol. The quantitative estimate of drug-likeness (QED) is 0.632. The molecule has 1 unspecified atom stereocenters. The van der Waals surface area contributed by atoms with Gasteiger partial charge in [0.15, 0.2) is 0 Å². The van der Waals surface area contributed by atoms with Crippen LogP contribution in [0.4, 0.5) is 0 Å². The van der Waals surface area contributed by atoms with Crippen LogP contribution in [0.15, 0.2) is 42.0 Å². The summed E-state index contributed by atoms with van der Waals surface area (Å²) >= 11 is 19.1. The van der Waals surface area contributed by atoms with Crippen molar-refractivity contribution in [3.63, 3.8) is 0 Å². The van der Waals surface area contributed by atoms with Gasteiger partial charge in [0.25, 0.3) is 5.91 Å². The molecule has 0 radical (unpaired) electrons. The third kappa shape index (κ3) is 5.13. The summed E-state index contributed by atoms with van der Waals surface area (Å²) in [6, 6.07) is 7.19. The van der Waals surface area contributed by atoms with Crippen LogP contribution in [-0.2, 0) is 6.54 Å². The maximum atomic E-state index is 12.0. The van der Waals surface area contributed by atoms with Gasteiger partial charge in [0.05, 0.1) is 4.88 Å². The Balaban J connectivity index is 2.00. The average Bonchev–Trinajstić information content (AvgIpc) is 2.97. The van der Waals surface area contributed by atoms with Crippen molar-refractivity contribution in [2.24, 2.45) is 0 Å². The number of nitrogens with zero attached hydrogens (tertiary/aromatic N) is 1. The van der Waals surface area contributed by atoms with Crippen LogP contribution in [0.5, 0.6) is 0 Å². The molecule has 0 aliphatic heterocycles. The Hall–Kier alpha value is -0.850. The highest BCUT2D eigenvalue weighted by molar-refractivity contribution is 7.12. The lowest BCUT2D eigenvalue weighted by Gasteiger charge is -2.26. The van der Waals surface area contributed by atoms with E-state index in [0.29, 0.717) is 11.4 Å². The van der Waals surface area contributed by atoms with Crippen molar-refractivity contribution in [3.05, 3.63) is 52.5 Å². The SMILES string of the molecule is O=C(NC(NCc1cccnc1)C(Cl)(Cl)Cl)c1cccs1. The topological polar surface area (TPSA) is 54.0 Å². The molecule has 112 valence electrons. The molecule has 0 saturated heterocycles. The van der Waals surface area contributed by atoms with Gasteiger partial charge in [-0.2, -0.15) is 0 Å². The van der Waals surface area contributed by atoms with E-state index in [-0.39, 0.29) is 5.91 Å². The Morgan fingerprint density at radius 1 is 1.33 bits per heavy atom. The largest absolute Gasteiger partial charge is 0.332 e. The predicted octanol–water partition coefficient (Wildman–Crippen LogP) is 3.36. The first-order chi connectivity index (χ1) is 9.97. The van der Waals surface area contributed by atoms with Crippen LogP contribution >= 0.6 is 46.1 Å². The summed E-state index contributed by atoms with van der Waals surface area (Å²) in [7, 11) is 0. The second-order valence-electron chi connectivity index (χ2n) is 4.17. The molecule has 2 rings (SSSR count). The Kier molecular flexibility index (Phi) is 5.84. The number of amides is 1. The van der Waals surface area contributed by atoms with Crippen molar-refractivity contribution in [2.45, 2.75) is 16.5 Å². The normalized spacial score (nSPS) is 12.9. The minimum atomic E-state index is -1.67.